The highest BCUT2D eigenvalue weighted by Gasteiger charge is 2.61. The van der Waals surface area contributed by atoms with Crippen molar-refractivity contribution in [2.45, 2.75) is 76.9 Å². The molecule has 6 rings (SSSR count). The molecule has 3 aromatic rings. The number of ether oxygens (including phenoxy) is 2. The maximum absolute atomic E-state index is 13.8. The van der Waals surface area contributed by atoms with E-state index in [0.29, 0.717) is 36.6 Å². The standard InChI is InChI=1S/C35H42N4O6S/c1-19(2)27-18-46-32(37-27)26-16-29(23-11-12-28(44-5)20(3)30(23)36-26)45-22-14-24-25(15-22)33(41)39(4)13-9-7-6-8-10-21-17-35(21,34(42)43)38-31(24)40/h8,10-12,16,18-19,21-22,24-25H,6-7,9,13-15,17H2,1-5H3,(H,38,40)(H,42,43)/t21-,22-,24-,25-,35-/m1/s1. The van der Waals surface area contributed by atoms with Crippen molar-refractivity contribution in [1.82, 2.24) is 20.2 Å². The number of thiazole rings is 1. The van der Waals surface area contributed by atoms with Crippen LogP contribution in [0.2, 0.25) is 0 Å². The van der Waals surface area contributed by atoms with Crippen LogP contribution in [0.5, 0.6) is 11.5 Å². The van der Waals surface area contributed by atoms with Crippen LogP contribution in [-0.2, 0) is 14.4 Å². The summed E-state index contributed by atoms with van der Waals surface area (Å²) in [6, 6.07) is 5.70. The number of rotatable bonds is 6. The first-order valence-electron chi connectivity index (χ1n) is 16.1. The molecule has 244 valence electrons. The number of amides is 2. The van der Waals surface area contributed by atoms with Gasteiger partial charge in [-0.05, 0) is 63.5 Å². The summed E-state index contributed by atoms with van der Waals surface area (Å²) in [6.07, 6.45) is 6.97. The van der Waals surface area contributed by atoms with Gasteiger partial charge in [-0.3, -0.25) is 9.59 Å². The molecule has 5 atom stereocenters. The first-order chi connectivity index (χ1) is 22.0. The molecule has 2 aromatic heterocycles. The SMILES string of the molecule is COc1ccc2c(O[C@@H]3C[C@H]4C(=O)N[C@]5(C(=O)O)C[C@H]5C=CCCCCN(C)C(=O)[C@@H]4C3)cc(-c3nc(C(C)C)cs3)nc2c1C. The number of benzene rings is 1. The number of allylic oxidation sites excluding steroid dienone is 1. The lowest BCUT2D eigenvalue weighted by Crippen LogP contribution is -2.49. The predicted octanol–water partition coefficient (Wildman–Crippen LogP) is 5.73. The van der Waals surface area contributed by atoms with E-state index in [2.05, 4.69) is 19.2 Å². The van der Waals surface area contributed by atoms with Gasteiger partial charge in [0.25, 0.3) is 0 Å². The summed E-state index contributed by atoms with van der Waals surface area (Å²) in [7, 11) is 3.41. The fourth-order valence-corrected chi connectivity index (χ4v) is 7.79. The summed E-state index contributed by atoms with van der Waals surface area (Å²) >= 11 is 1.53. The third-order valence-corrected chi connectivity index (χ3v) is 10.7. The van der Waals surface area contributed by atoms with E-state index >= 15 is 0 Å². The molecule has 11 heteroatoms. The van der Waals surface area contributed by atoms with Crippen molar-refractivity contribution in [1.29, 1.82) is 0 Å². The molecule has 2 saturated carbocycles. The molecule has 2 fully saturated rings. The van der Waals surface area contributed by atoms with Gasteiger partial charge in [-0.15, -0.1) is 11.3 Å². The molecule has 3 heterocycles. The van der Waals surface area contributed by atoms with E-state index in [4.69, 9.17) is 19.4 Å². The largest absolute Gasteiger partial charge is 0.496 e. The number of nitrogens with zero attached hydrogens (tertiary/aromatic N) is 3. The van der Waals surface area contributed by atoms with Crippen LogP contribution < -0.4 is 14.8 Å². The van der Waals surface area contributed by atoms with E-state index in [1.807, 2.05) is 42.7 Å². The second kappa shape index (κ2) is 12.7. The Labute approximate surface area is 273 Å². The van der Waals surface area contributed by atoms with Gasteiger partial charge in [-0.25, -0.2) is 14.8 Å². The van der Waals surface area contributed by atoms with Gasteiger partial charge in [-0.1, -0.05) is 26.0 Å². The average Bonchev–Trinajstić information content (AvgIpc) is 3.33. The maximum atomic E-state index is 13.8. The zero-order valence-electron chi connectivity index (χ0n) is 27.0. The van der Waals surface area contributed by atoms with E-state index in [1.165, 1.54) is 11.3 Å². The van der Waals surface area contributed by atoms with Crippen molar-refractivity contribution in [3.8, 4) is 22.2 Å². The van der Waals surface area contributed by atoms with Crippen LogP contribution >= 0.6 is 11.3 Å². The molecule has 0 saturated heterocycles. The minimum Gasteiger partial charge on any atom is -0.496 e. The Morgan fingerprint density at radius 1 is 1.15 bits per heavy atom. The van der Waals surface area contributed by atoms with Gasteiger partial charge in [0.2, 0.25) is 11.8 Å². The molecule has 10 nitrogen and oxygen atoms in total. The highest BCUT2D eigenvalue weighted by molar-refractivity contribution is 7.13. The number of fused-ring (bicyclic) bond motifs is 3. The molecule has 1 aromatic carbocycles. The minimum absolute atomic E-state index is 0.111. The number of aromatic nitrogens is 2. The maximum Gasteiger partial charge on any atom is 0.330 e. The average molecular weight is 647 g/mol. The fourth-order valence-electron chi connectivity index (χ4n) is 6.85. The summed E-state index contributed by atoms with van der Waals surface area (Å²) in [5.74, 6) is -1.58. The van der Waals surface area contributed by atoms with E-state index in [9.17, 15) is 19.5 Å². The van der Waals surface area contributed by atoms with Gasteiger partial charge in [-0.2, -0.15) is 0 Å². The third kappa shape index (κ3) is 5.97. The van der Waals surface area contributed by atoms with Gasteiger partial charge in [0, 0.05) is 41.9 Å². The van der Waals surface area contributed by atoms with Crippen molar-refractivity contribution in [3.63, 3.8) is 0 Å². The summed E-state index contributed by atoms with van der Waals surface area (Å²) in [5.41, 5.74) is 1.94. The number of hydrogen-bond acceptors (Lipinski definition) is 8. The number of aryl methyl sites for hydroxylation is 1. The zero-order chi connectivity index (χ0) is 32.7. The number of pyridine rings is 1. The van der Waals surface area contributed by atoms with Gasteiger partial charge in [0.05, 0.1) is 30.2 Å². The van der Waals surface area contributed by atoms with Crippen molar-refractivity contribution in [3.05, 3.63) is 47.0 Å². The highest BCUT2D eigenvalue weighted by Crippen LogP contribution is 2.47. The molecule has 1 aliphatic heterocycles. The molecule has 0 bridgehead atoms. The van der Waals surface area contributed by atoms with Gasteiger partial charge in [0.1, 0.15) is 33.8 Å². The van der Waals surface area contributed by atoms with E-state index in [-0.39, 0.29) is 24.2 Å². The fraction of sp³-hybridized carbons (Fsp3) is 0.514. The van der Waals surface area contributed by atoms with Crippen LogP contribution in [0.3, 0.4) is 0 Å². The highest BCUT2D eigenvalue weighted by atomic mass is 32.1. The molecule has 3 aliphatic rings. The first-order valence-corrected chi connectivity index (χ1v) is 17.0. The second-order valence-electron chi connectivity index (χ2n) is 13.2. The van der Waals surface area contributed by atoms with Crippen molar-refractivity contribution >= 4 is 40.0 Å². The van der Waals surface area contributed by atoms with Crippen molar-refractivity contribution < 1.29 is 29.0 Å². The topological polar surface area (TPSA) is 131 Å². The van der Waals surface area contributed by atoms with Crippen LogP contribution in [0.15, 0.2) is 35.7 Å². The number of methoxy groups -OCH3 is 1. The van der Waals surface area contributed by atoms with Crippen molar-refractivity contribution in [2.75, 3.05) is 20.7 Å². The Hall–Kier alpha value is -3.99. The number of aliphatic carboxylic acids is 1. The monoisotopic (exact) mass is 646 g/mol. The van der Waals surface area contributed by atoms with E-state index in [1.54, 1.807) is 19.1 Å². The lowest BCUT2D eigenvalue weighted by molar-refractivity contribution is -0.145. The molecule has 2 amide bonds. The summed E-state index contributed by atoms with van der Waals surface area (Å²) in [5, 5.41) is 16.6. The number of hydrogen-bond donors (Lipinski definition) is 2. The molecular formula is C35H42N4O6S. The molecule has 2 N–H and O–H groups in total. The normalized spacial score (nSPS) is 26.8. The number of carboxylic acid groups (broad SMARTS) is 1. The Morgan fingerprint density at radius 3 is 2.65 bits per heavy atom. The number of carbonyl (C=O) groups is 3. The number of nitrogens with one attached hydrogen (secondary N) is 1. The summed E-state index contributed by atoms with van der Waals surface area (Å²) in [6.45, 7) is 6.75. The number of carbonyl (C=O) groups excluding carboxylic acids is 2. The van der Waals surface area contributed by atoms with Crippen LogP contribution in [0, 0.1) is 24.7 Å². The Balaban J connectivity index is 1.35. The third-order valence-electron chi connectivity index (χ3n) is 9.77. The Kier molecular flexibility index (Phi) is 8.80. The number of carboxylic acids is 1. The van der Waals surface area contributed by atoms with Gasteiger partial charge >= 0.3 is 5.97 Å². The second-order valence-corrected chi connectivity index (χ2v) is 14.1. The summed E-state index contributed by atoms with van der Waals surface area (Å²) < 4.78 is 12.3. The molecule has 2 aliphatic carbocycles. The van der Waals surface area contributed by atoms with Crippen molar-refractivity contribution in [2.24, 2.45) is 17.8 Å². The molecular weight excluding hydrogens is 604 g/mol. The predicted molar refractivity (Wildman–Crippen MR) is 176 cm³/mol. The van der Waals surface area contributed by atoms with E-state index < -0.39 is 35.4 Å². The lowest BCUT2D eigenvalue weighted by Gasteiger charge is -2.26. The molecule has 0 radical (unpaired) electrons. The quantitative estimate of drug-likeness (QED) is 0.325. The van der Waals surface area contributed by atoms with Crippen LogP contribution in [-0.4, -0.2) is 70.1 Å². The van der Waals surface area contributed by atoms with E-state index in [0.717, 1.165) is 46.4 Å². The molecule has 0 spiro atoms. The zero-order valence-corrected chi connectivity index (χ0v) is 27.9. The Bertz CT molecular complexity index is 1700. The molecule has 46 heavy (non-hydrogen) atoms. The Morgan fingerprint density at radius 2 is 1.93 bits per heavy atom. The van der Waals surface area contributed by atoms with Crippen LogP contribution in [0.1, 0.15) is 69.5 Å². The smallest absolute Gasteiger partial charge is 0.330 e. The minimum atomic E-state index is -1.33. The first kappa shape index (κ1) is 32.0. The molecule has 0 unspecified atom stereocenters. The van der Waals surface area contributed by atoms with Gasteiger partial charge in [0.15, 0.2) is 0 Å². The van der Waals surface area contributed by atoms with Crippen LogP contribution in [0.4, 0.5) is 0 Å². The lowest BCUT2D eigenvalue weighted by atomic mass is 9.93. The van der Waals surface area contributed by atoms with Crippen LogP contribution in [0.25, 0.3) is 21.6 Å². The van der Waals surface area contributed by atoms with Gasteiger partial charge < -0.3 is 24.8 Å². The summed E-state index contributed by atoms with van der Waals surface area (Å²) in [4.78, 5) is 51.5.